The standard InChI is InChI=1S/C15H14BrN5/c1-11-7-13(8-19-20-9-17-18-10-20)12(2)21(11)15-6-4-3-5-14(15)16/h3-10H,1-2H3/b19-8+. The average molecular weight is 344 g/mol. The third-order valence-corrected chi connectivity index (χ3v) is 3.97. The van der Waals surface area contributed by atoms with Gasteiger partial charge in [0.15, 0.2) is 0 Å². The van der Waals surface area contributed by atoms with Gasteiger partial charge in [-0.2, -0.15) is 5.10 Å². The van der Waals surface area contributed by atoms with Crippen LogP contribution in [0, 0.1) is 13.8 Å². The van der Waals surface area contributed by atoms with Crippen molar-refractivity contribution in [2.24, 2.45) is 5.10 Å². The fourth-order valence-electron chi connectivity index (χ4n) is 2.31. The van der Waals surface area contributed by atoms with Crippen molar-refractivity contribution < 1.29 is 0 Å². The van der Waals surface area contributed by atoms with Crippen LogP contribution in [0.15, 0.2) is 52.6 Å². The molecule has 0 spiro atoms. The van der Waals surface area contributed by atoms with Crippen molar-refractivity contribution in [1.29, 1.82) is 0 Å². The molecule has 2 heterocycles. The molecule has 0 radical (unpaired) electrons. The Labute approximate surface area is 131 Å². The third kappa shape index (κ3) is 2.67. The van der Waals surface area contributed by atoms with E-state index in [4.69, 9.17) is 0 Å². The Morgan fingerprint density at radius 1 is 1.14 bits per heavy atom. The predicted octanol–water partition coefficient (Wildman–Crippen LogP) is 3.33. The van der Waals surface area contributed by atoms with E-state index in [1.165, 1.54) is 0 Å². The lowest BCUT2D eigenvalue weighted by Gasteiger charge is -2.11. The van der Waals surface area contributed by atoms with Crippen LogP contribution in [0.1, 0.15) is 17.0 Å². The molecule has 0 amide bonds. The summed E-state index contributed by atoms with van der Waals surface area (Å²) in [5.41, 5.74) is 4.48. The summed E-state index contributed by atoms with van der Waals surface area (Å²) in [6.45, 7) is 4.17. The molecule has 3 rings (SSSR count). The molecule has 0 N–H and O–H groups in total. The topological polar surface area (TPSA) is 48.0 Å². The van der Waals surface area contributed by atoms with E-state index in [1.807, 2.05) is 24.4 Å². The van der Waals surface area contributed by atoms with Gasteiger partial charge in [-0.05, 0) is 48.0 Å². The smallest absolute Gasteiger partial charge is 0.141 e. The van der Waals surface area contributed by atoms with E-state index in [-0.39, 0.29) is 0 Å². The third-order valence-electron chi connectivity index (χ3n) is 3.30. The summed E-state index contributed by atoms with van der Waals surface area (Å²) in [5, 5.41) is 11.8. The van der Waals surface area contributed by atoms with Gasteiger partial charge in [0.2, 0.25) is 0 Å². The molecule has 21 heavy (non-hydrogen) atoms. The number of aryl methyl sites for hydroxylation is 1. The molecule has 5 nitrogen and oxygen atoms in total. The number of aromatic nitrogens is 4. The predicted molar refractivity (Wildman–Crippen MR) is 86.0 cm³/mol. The van der Waals surface area contributed by atoms with Gasteiger partial charge in [-0.1, -0.05) is 12.1 Å². The summed E-state index contributed by atoms with van der Waals surface area (Å²) in [6, 6.07) is 10.3. The molecular formula is C15H14BrN5. The van der Waals surface area contributed by atoms with Gasteiger partial charge in [0.1, 0.15) is 12.7 Å². The maximum absolute atomic E-state index is 4.31. The van der Waals surface area contributed by atoms with Crippen LogP contribution in [-0.4, -0.2) is 25.7 Å². The van der Waals surface area contributed by atoms with E-state index >= 15 is 0 Å². The molecule has 1 aromatic carbocycles. The Balaban J connectivity index is 2.03. The van der Waals surface area contributed by atoms with Gasteiger partial charge in [0, 0.05) is 21.4 Å². The number of nitrogens with zero attached hydrogens (tertiary/aromatic N) is 5. The second-order valence-corrected chi connectivity index (χ2v) is 5.55. The summed E-state index contributed by atoms with van der Waals surface area (Å²) in [5.74, 6) is 0. The molecule has 3 aromatic rings. The van der Waals surface area contributed by atoms with Gasteiger partial charge in [-0.15, -0.1) is 10.2 Å². The average Bonchev–Trinajstić information content (AvgIpc) is 3.07. The molecule has 0 aliphatic carbocycles. The normalized spacial score (nSPS) is 11.4. The number of halogens is 1. The van der Waals surface area contributed by atoms with Crippen LogP contribution in [0.25, 0.3) is 5.69 Å². The summed E-state index contributed by atoms with van der Waals surface area (Å²) < 4.78 is 4.84. The summed E-state index contributed by atoms with van der Waals surface area (Å²) >= 11 is 3.61. The lowest BCUT2D eigenvalue weighted by atomic mass is 10.2. The largest absolute Gasteiger partial charge is 0.317 e. The van der Waals surface area contributed by atoms with E-state index in [0.717, 1.165) is 27.1 Å². The highest BCUT2D eigenvalue weighted by Gasteiger charge is 2.11. The Morgan fingerprint density at radius 2 is 1.86 bits per heavy atom. The van der Waals surface area contributed by atoms with Gasteiger partial charge < -0.3 is 4.57 Å². The van der Waals surface area contributed by atoms with Crippen LogP contribution in [0.2, 0.25) is 0 Å². The first kappa shape index (κ1) is 13.8. The zero-order valence-electron chi connectivity index (χ0n) is 11.7. The van der Waals surface area contributed by atoms with Crippen LogP contribution in [0.5, 0.6) is 0 Å². The first-order chi connectivity index (χ1) is 10.2. The minimum Gasteiger partial charge on any atom is -0.317 e. The van der Waals surface area contributed by atoms with Gasteiger partial charge in [0.05, 0.1) is 11.9 Å². The first-order valence-corrected chi connectivity index (χ1v) is 7.29. The lowest BCUT2D eigenvalue weighted by molar-refractivity contribution is 0.877. The van der Waals surface area contributed by atoms with Gasteiger partial charge in [0.25, 0.3) is 0 Å². The van der Waals surface area contributed by atoms with Crippen molar-refractivity contribution in [3.8, 4) is 5.69 Å². The van der Waals surface area contributed by atoms with Crippen LogP contribution < -0.4 is 0 Å². The zero-order valence-corrected chi connectivity index (χ0v) is 13.3. The lowest BCUT2D eigenvalue weighted by Crippen LogP contribution is -2.00. The molecular weight excluding hydrogens is 330 g/mol. The number of hydrogen-bond acceptors (Lipinski definition) is 3. The summed E-state index contributed by atoms with van der Waals surface area (Å²) in [7, 11) is 0. The summed E-state index contributed by atoms with van der Waals surface area (Å²) in [4.78, 5) is 0. The molecule has 0 aliphatic heterocycles. The molecule has 0 aliphatic rings. The minimum absolute atomic E-state index is 1.06. The quantitative estimate of drug-likeness (QED) is 0.685. The second kappa shape index (κ2) is 5.65. The summed E-state index contributed by atoms with van der Waals surface area (Å²) in [6.07, 6.45) is 4.94. The van der Waals surface area contributed by atoms with E-state index in [9.17, 15) is 0 Å². The number of hydrogen-bond donors (Lipinski definition) is 0. The maximum Gasteiger partial charge on any atom is 0.141 e. The van der Waals surface area contributed by atoms with Crippen molar-refractivity contribution >= 4 is 22.1 Å². The molecule has 106 valence electrons. The Morgan fingerprint density at radius 3 is 2.57 bits per heavy atom. The highest BCUT2D eigenvalue weighted by molar-refractivity contribution is 9.10. The fourth-order valence-corrected chi connectivity index (χ4v) is 2.77. The van der Waals surface area contributed by atoms with Crippen LogP contribution >= 0.6 is 15.9 Å². The SMILES string of the molecule is Cc1cc(/C=N/n2cnnc2)c(C)n1-c1ccccc1Br. The molecule has 0 bridgehead atoms. The maximum atomic E-state index is 4.31. The zero-order chi connectivity index (χ0) is 14.8. The highest BCUT2D eigenvalue weighted by atomic mass is 79.9. The van der Waals surface area contributed by atoms with Crippen molar-refractivity contribution in [3.05, 3.63) is 64.4 Å². The number of para-hydroxylation sites is 1. The fraction of sp³-hybridized carbons (Fsp3) is 0.133. The Bertz CT molecular complexity index is 787. The van der Waals surface area contributed by atoms with Gasteiger partial charge in [-0.3, -0.25) is 0 Å². The van der Waals surface area contributed by atoms with Crippen LogP contribution in [0.4, 0.5) is 0 Å². The number of rotatable bonds is 3. The van der Waals surface area contributed by atoms with E-state index < -0.39 is 0 Å². The van der Waals surface area contributed by atoms with Crippen molar-refractivity contribution in [2.75, 3.05) is 0 Å². The van der Waals surface area contributed by atoms with Crippen molar-refractivity contribution in [1.82, 2.24) is 19.4 Å². The Hall–Kier alpha value is -2.21. The van der Waals surface area contributed by atoms with Gasteiger partial charge >= 0.3 is 0 Å². The highest BCUT2D eigenvalue weighted by Crippen LogP contribution is 2.26. The van der Waals surface area contributed by atoms with Crippen molar-refractivity contribution in [3.63, 3.8) is 0 Å². The number of benzene rings is 1. The molecule has 0 fully saturated rings. The van der Waals surface area contributed by atoms with Crippen LogP contribution in [-0.2, 0) is 0 Å². The molecule has 0 unspecified atom stereocenters. The van der Waals surface area contributed by atoms with E-state index in [0.29, 0.717) is 0 Å². The minimum atomic E-state index is 1.06. The Kier molecular flexibility index (Phi) is 3.70. The monoisotopic (exact) mass is 343 g/mol. The first-order valence-electron chi connectivity index (χ1n) is 6.49. The van der Waals surface area contributed by atoms with Crippen LogP contribution in [0.3, 0.4) is 0 Å². The molecule has 0 saturated carbocycles. The van der Waals surface area contributed by atoms with Gasteiger partial charge in [-0.25, -0.2) is 4.68 Å². The second-order valence-electron chi connectivity index (χ2n) is 4.70. The van der Waals surface area contributed by atoms with Crippen molar-refractivity contribution in [2.45, 2.75) is 13.8 Å². The molecule has 6 heteroatoms. The molecule has 0 saturated heterocycles. The van der Waals surface area contributed by atoms with E-state index in [2.05, 4.69) is 61.8 Å². The van der Waals surface area contributed by atoms with E-state index in [1.54, 1.807) is 17.3 Å². The molecule has 2 aromatic heterocycles. The molecule has 0 atom stereocenters.